The Morgan fingerprint density at radius 1 is 1.10 bits per heavy atom. The molecule has 1 amide bonds. The summed E-state index contributed by atoms with van der Waals surface area (Å²) in [7, 11) is 0. The van der Waals surface area contributed by atoms with Crippen LogP contribution in [0.1, 0.15) is 48.0 Å². The second kappa shape index (κ2) is 9.35. The fourth-order valence-corrected chi connectivity index (χ4v) is 3.08. The molecule has 5 nitrogen and oxygen atoms in total. The molecule has 0 unspecified atom stereocenters. The van der Waals surface area contributed by atoms with Crippen molar-refractivity contribution in [2.75, 3.05) is 5.32 Å². The lowest BCUT2D eigenvalue weighted by Crippen LogP contribution is -2.12. The predicted molar refractivity (Wildman–Crippen MR) is 121 cm³/mol. The maximum atomic E-state index is 12.5. The third kappa shape index (κ3) is 5.32. The monoisotopic (exact) mass is 402 g/mol. The van der Waals surface area contributed by atoms with E-state index >= 15 is 0 Å². The van der Waals surface area contributed by atoms with Gasteiger partial charge < -0.3 is 10.1 Å². The van der Waals surface area contributed by atoms with Crippen molar-refractivity contribution in [3.63, 3.8) is 0 Å². The molecule has 0 radical (unpaired) electrons. The van der Waals surface area contributed by atoms with Crippen molar-refractivity contribution in [2.45, 2.75) is 40.2 Å². The van der Waals surface area contributed by atoms with Crippen molar-refractivity contribution in [2.24, 2.45) is 0 Å². The number of aryl methyl sites for hydroxylation is 2. The Bertz CT molecular complexity index is 1100. The fourth-order valence-electron chi connectivity index (χ4n) is 3.08. The van der Waals surface area contributed by atoms with Gasteiger partial charge in [0.1, 0.15) is 0 Å². The first-order valence-electron chi connectivity index (χ1n) is 10.1. The molecular formula is C25H26N2O3. The van der Waals surface area contributed by atoms with Gasteiger partial charge in [-0.15, -0.1) is 0 Å². The number of carbonyl (C=O) groups excluding carboxylic acids is 2. The molecule has 0 spiro atoms. The third-order valence-electron chi connectivity index (χ3n) is 4.59. The summed E-state index contributed by atoms with van der Waals surface area (Å²) < 4.78 is 5.28. The van der Waals surface area contributed by atoms with Crippen LogP contribution in [0.2, 0.25) is 0 Å². The van der Waals surface area contributed by atoms with Gasteiger partial charge in [-0.1, -0.05) is 31.2 Å². The Labute approximate surface area is 176 Å². The lowest BCUT2D eigenvalue weighted by atomic mass is 10.1. The highest BCUT2D eigenvalue weighted by atomic mass is 16.5. The van der Waals surface area contributed by atoms with E-state index in [4.69, 9.17) is 4.74 Å². The van der Waals surface area contributed by atoms with E-state index < -0.39 is 5.97 Å². The van der Waals surface area contributed by atoms with Gasteiger partial charge in [0.15, 0.2) is 0 Å². The molecule has 3 aromatic rings. The Morgan fingerprint density at radius 3 is 2.50 bits per heavy atom. The van der Waals surface area contributed by atoms with E-state index in [1.54, 1.807) is 44.2 Å². The zero-order chi connectivity index (χ0) is 21.7. The summed E-state index contributed by atoms with van der Waals surface area (Å²) in [5.74, 6) is -0.656. The molecule has 1 N–H and O–H groups in total. The second-order valence-corrected chi connectivity index (χ2v) is 7.41. The van der Waals surface area contributed by atoms with Gasteiger partial charge in [0, 0.05) is 17.2 Å². The first-order valence-corrected chi connectivity index (χ1v) is 10.1. The van der Waals surface area contributed by atoms with Gasteiger partial charge in [-0.2, -0.15) is 0 Å². The van der Waals surface area contributed by atoms with Crippen molar-refractivity contribution in [3.05, 3.63) is 77.0 Å². The summed E-state index contributed by atoms with van der Waals surface area (Å²) >= 11 is 0. The number of benzene rings is 2. The molecule has 1 heterocycles. The van der Waals surface area contributed by atoms with Crippen molar-refractivity contribution in [3.8, 4) is 0 Å². The number of hydrogen-bond donors (Lipinski definition) is 1. The molecule has 0 bridgehead atoms. The van der Waals surface area contributed by atoms with Crippen LogP contribution in [-0.4, -0.2) is 23.0 Å². The first-order chi connectivity index (χ1) is 14.4. The van der Waals surface area contributed by atoms with E-state index in [-0.39, 0.29) is 12.0 Å². The van der Waals surface area contributed by atoms with Crippen molar-refractivity contribution >= 4 is 34.5 Å². The number of anilines is 1. The average Bonchev–Trinajstić information content (AvgIpc) is 2.71. The maximum absolute atomic E-state index is 12.5. The third-order valence-corrected chi connectivity index (χ3v) is 4.59. The molecule has 2 aromatic carbocycles. The van der Waals surface area contributed by atoms with Crippen molar-refractivity contribution < 1.29 is 14.3 Å². The molecule has 1 aromatic heterocycles. The molecule has 5 heteroatoms. The van der Waals surface area contributed by atoms with Crippen LogP contribution < -0.4 is 5.32 Å². The molecule has 154 valence electrons. The van der Waals surface area contributed by atoms with Gasteiger partial charge in [0.05, 0.1) is 22.9 Å². The number of pyridine rings is 1. The number of nitrogens with one attached hydrogen (secondary N) is 1. The number of rotatable bonds is 6. The summed E-state index contributed by atoms with van der Waals surface area (Å²) in [5, 5.41) is 3.60. The van der Waals surface area contributed by atoms with E-state index in [0.717, 1.165) is 17.7 Å². The van der Waals surface area contributed by atoms with Crippen LogP contribution in [0.3, 0.4) is 0 Å². The van der Waals surface area contributed by atoms with Gasteiger partial charge in [0.25, 0.3) is 0 Å². The number of esters is 1. The minimum Gasteiger partial charge on any atom is -0.459 e. The molecule has 0 aliphatic rings. The Kier molecular flexibility index (Phi) is 6.62. The van der Waals surface area contributed by atoms with E-state index in [1.807, 2.05) is 19.1 Å². The van der Waals surface area contributed by atoms with E-state index in [2.05, 4.69) is 29.4 Å². The largest absolute Gasteiger partial charge is 0.459 e. The van der Waals surface area contributed by atoms with Gasteiger partial charge >= 0.3 is 5.97 Å². The summed E-state index contributed by atoms with van der Waals surface area (Å²) in [5.41, 5.74) is 4.70. The standard InChI is InChI=1S/C25H26N2O3/c1-5-18-6-8-19(9-7-18)10-13-24(28)27-23-14-17(4)26-22-12-11-20(15-21(22)23)25(29)30-16(2)3/h6-16H,5H2,1-4H3,(H,26,27,28)/b13-10+. The smallest absolute Gasteiger partial charge is 0.338 e. The maximum Gasteiger partial charge on any atom is 0.338 e. The Balaban J connectivity index is 1.85. The second-order valence-electron chi connectivity index (χ2n) is 7.41. The molecule has 0 fully saturated rings. The highest BCUT2D eigenvalue weighted by molar-refractivity contribution is 6.08. The molecule has 0 aliphatic carbocycles. The van der Waals surface area contributed by atoms with Crippen molar-refractivity contribution in [1.29, 1.82) is 0 Å². The Hall–Kier alpha value is -3.47. The molecule has 0 saturated heterocycles. The lowest BCUT2D eigenvalue weighted by molar-refractivity contribution is -0.111. The SMILES string of the molecule is CCc1ccc(/C=C/C(=O)Nc2cc(C)nc3ccc(C(=O)OC(C)C)cc23)cc1. The Morgan fingerprint density at radius 2 is 1.83 bits per heavy atom. The van der Waals surface area contributed by atoms with Crippen LogP contribution in [0.25, 0.3) is 17.0 Å². The molecule has 3 rings (SSSR count). The highest BCUT2D eigenvalue weighted by Crippen LogP contribution is 2.25. The van der Waals surface area contributed by atoms with Crippen LogP contribution in [0, 0.1) is 6.92 Å². The van der Waals surface area contributed by atoms with Crippen molar-refractivity contribution in [1.82, 2.24) is 4.98 Å². The van der Waals surface area contributed by atoms with E-state index in [1.165, 1.54) is 11.6 Å². The quantitative estimate of drug-likeness (QED) is 0.447. The van der Waals surface area contributed by atoms with Crippen LogP contribution in [0.4, 0.5) is 5.69 Å². The molecule has 0 atom stereocenters. The van der Waals surface area contributed by atoms with Crippen LogP contribution in [-0.2, 0) is 16.0 Å². The van der Waals surface area contributed by atoms with Gasteiger partial charge in [-0.3, -0.25) is 9.78 Å². The minimum atomic E-state index is -0.403. The number of ether oxygens (including phenoxy) is 1. The normalized spacial score (nSPS) is 11.2. The number of aromatic nitrogens is 1. The molecular weight excluding hydrogens is 376 g/mol. The van der Waals surface area contributed by atoms with Gasteiger partial charge in [-0.05, 0) is 68.7 Å². The average molecular weight is 402 g/mol. The first kappa shape index (κ1) is 21.2. The minimum absolute atomic E-state index is 0.208. The summed E-state index contributed by atoms with van der Waals surface area (Å²) in [4.78, 5) is 29.3. The topological polar surface area (TPSA) is 68.3 Å². The van der Waals surface area contributed by atoms with E-state index in [9.17, 15) is 9.59 Å². The summed E-state index contributed by atoms with van der Waals surface area (Å²) in [6.45, 7) is 7.57. The predicted octanol–water partition coefficient (Wildman–Crippen LogP) is 5.32. The van der Waals surface area contributed by atoms with Crippen LogP contribution >= 0.6 is 0 Å². The number of nitrogens with zero attached hydrogens (tertiary/aromatic N) is 1. The van der Waals surface area contributed by atoms with E-state index in [0.29, 0.717) is 22.2 Å². The number of carbonyl (C=O) groups is 2. The number of fused-ring (bicyclic) bond motifs is 1. The zero-order valence-electron chi connectivity index (χ0n) is 17.7. The zero-order valence-corrected chi connectivity index (χ0v) is 17.7. The molecule has 30 heavy (non-hydrogen) atoms. The molecule has 0 aliphatic heterocycles. The number of amides is 1. The van der Waals surface area contributed by atoms with Crippen LogP contribution in [0.15, 0.2) is 54.6 Å². The number of hydrogen-bond acceptors (Lipinski definition) is 4. The summed E-state index contributed by atoms with van der Waals surface area (Å²) in [6.07, 6.45) is 4.04. The lowest BCUT2D eigenvalue weighted by Gasteiger charge is -2.11. The highest BCUT2D eigenvalue weighted by Gasteiger charge is 2.13. The fraction of sp³-hybridized carbons (Fsp3) is 0.240. The summed E-state index contributed by atoms with van der Waals surface area (Å²) in [6, 6.07) is 15.0. The van der Waals surface area contributed by atoms with Crippen LogP contribution in [0.5, 0.6) is 0 Å². The van der Waals surface area contributed by atoms with Gasteiger partial charge in [-0.25, -0.2) is 4.79 Å². The van der Waals surface area contributed by atoms with Gasteiger partial charge in [0.2, 0.25) is 5.91 Å². The molecule has 0 saturated carbocycles.